The molecule has 10 heteroatoms. The lowest BCUT2D eigenvalue weighted by molar-refractivity contribution is -0.115. The van der Waals surface area contributed by atoms with Crippen LogP contribution in [0.5, 0.6) is 0 Å². The molecule has 0 aromatic heterocycles. The van der Waals surface area contributed by atoms with Crippen LogP contribution >= 0.6 is 11.6 Å². The van der Waals surface area contributed by atoms with Crippen LogP contribution in [0.2, 0.25) is 5.02 Å². The number of aliphatic imine (C=N–C) groups is 1. The highest BCUT2D eigenvalue weighted by Gasteiger charge is 2.30. The maximum atomic E-state index is 13.4. The molecule has 0 aliphatic carbocycles. The Morgan fingerprint density at radius 1 is 0.864 bits per heavy atom. The Morgan fingerprint density at radius 3 is 2.32 bits per heavy atom. The van der Waals surface area contributed by atoms with Crippen LogP contribution in [0.1, 0.15) is 27.4 Å². The molecule has 3 amide bonds. The summed E-state index contributed by atoms with van der Waals surface area (Å²) in [4.78, 5) is 47.9. The van der Waals surface area contributed by atoms with E-state index in [1.54, 1.807) is 72.9 Å². The average molecular weight is 607 g/mol. The summed E-state index contributed by atoms with van der Waals surface area (Å²) < 4.78 is 0. The van der Waals surface area contributed by atoms with E-state index < -0.39 is 11.9 Å². The third-order valence-corrected chi connectivity index (χ3v) is 8.02. The number of ketones is 1. The molecule has 3 N–H and O–H groups in total. The zero-order valence-electron chi connectivity index (χ0n) is 24.1. The normalized spacial score (nSPS) is 16.5. The van der Waals surface area contributed by atoms with Gasteiger partial charge in [0, 0.05) is 71.3 Å². The second kappa shape index (κ2) is 12.7. The number of fused-ring (bicyclic) bond motifs is 1. The summed E-state index contributed by atoms with van der Waals surface area (Å²) in [6.45, 7) is 4.07. The van der Waals surface area contributed by atoms with E-state index in [9.17, 15) is 14.4 Å². The summed E-state index contributed by atoms with van der Waals surface area (Å²) in [6.07, 6.45) is 1.65. The summed E-state index contributed by atoms with van der Waals surface area (Å²) in [5, 5.41) is 8.92. The molecule has 2 aliphatic heterocycles. The van der Waals surface area contributed by atoms with Gasteiger partial charge < -0.3 is 25.8 Å². The van der Waals surface area contributed by atoms with Gasteiger partial charge in [0.25, 0.3) is 0 Å². The van der Waals surface area contributed by atoms with Crippen molar-refractivity contribution in [3.8, 4) is 0 Å². The first-order valence-electron chi connectivity index (χ1n) is 14.3. The fourth-order valence-corrected chi connectivity index (χ4v) is 5.41. The second-order valence-electron chi connectivity index (χ2n) is 10.8. The van der Waals surface area contributed by atoms with Crippen molar-refractivity contribution in [2.45, 2.75) is 5.92 Å². The molecule has 2 heterocycles. The number of rotatable bonds is 7. The predicted octanol–water partition coefficient (Wildman–Crippen LogP) is 6.41. The van der Waals surface area contributed by atoms with Gasteiger partial charge in [0.2, 0.25) is 5.91 Å². The number of piperazine rings is 1. The number of carbonyl (C=O) groups is 3. The Hall–Kier alpha value is -4.99. The van der Waals surface area contributed by atoms with Crippen molar-refractivity contribution < 1.29 is 14.4 Å². The summed E-state index contributed by atoms with van der Waals surface area (Å²) >= 11 is 5.90. The minimum Gasteiger partial charge on any atom is -0.369 e. The highest BCUT2D eigenvalue weighted by Crippen LogP contribution is 2.33. The third-order valence-electron chi connectivity index (χ3n) is 7.77. The molecule has 1 unspecified atom stereocenters. The fourth-order valence-electron chi connectivity index (χ4n) is 5.28. The smallest absolute Gasteiger partial charge is 0.323 e. The lowest BCUT2D eigenvalue weighted by Crippen LogP contribution is -2.44. The minimum atomic E-state index is -0.557. The van der Waals surface area contributed by atoms with Gasteiger partial charge in [0.15, 0.2) is 5.78 Å². The van der Waals surface area contributed by atoms with Crippen molar-refractivity contribution in [2.24, 2.45) is 4.99 Å². The number of halogens is 1. The summed E-state index contributed by atoms with van der Waals surface area (Å²) in [7, 11) is 2.14. The van der Waals surface area contributed by atoms with Gasteiger partial charge in [-0.2, -0.15) is 0 Å². The molecule has 4 aromatic rings. The van der Waals surface area contributed by atoms with E-state index in [1.807, 2.05) is 12.1 Å². The lowest BCUT2D eigenvalue weighted by Gasteiger charge is -2.34. The van der Waals surface area contributed by atoms with Crippen LogP contribution < -0.4 is 20.9 Å². The first-order chi connectivity index (χ1) is 21.3. The SMILES string of the molecule is CN1CCN(c2ccc(N=CC3C(=O)Nc4cc(C(=O)c5cccc(NC(=O)Nc6ccc(Cl)cc6)c5)ccc43)cc2)CC1. The van der Waals surface area contributed by atoms with Crippen LogP contribution in [0.15, 0.2) is 96.0 Å². The molecule has 222 valence electrons. The minimum absolute atomic E-state index is 0.194. The molecule has 6 rings (SSSR count). The molecule has 1 fully saturated rings. The van der Waals surface area contributed by atoms with Crippen LogP contribution in [0.4, 0.5) is 33.2 Å². The Kier molecular flexibility index (Phi) is 8.40. The van der Waals surface area contributed by atoms with Crippen molar-refractivity contribution >= 4 is 64.0 Å². The Bertz CT molecular complexity index is 1730. The number of nitrogens with zero attached hydrogens (tertiary/aromatic N) is 3. The van der Waals surface area contributed by atoms with Gasteiger partial charge >= 0.3 is 6.03 Å². The number of nitrogens with one attached hydrogen (secondary N) is 3. The summed E-state index contributed by atoms with van der Waals surface area (Å²) in [6, 6.07) is 26.2. The average Bonchev–Trinajstić information content (AvgIpc) is 3.35. The third kappa shape index (κ3) is 6.64. The molecule has 1 atom stereocenters. The van der Waals surface area contributed by atoms with E-state index in [1.165, 1.54) is 5.69 Å². The monoisotopic (exact) mass is 606 g/mol. The van der Waals surface area contributed by atoms with Gasteiger partial charge in [-0.25, -0.2) is 4.79 Å². The molecule has 9 nitrogen and oxygen atoms in total. The number of hydrogen-bond acceptors (Lipinski definition) is 6. The number of hydrogen-bond donors (Lipinski definition) is 3. The van der Waals surface area contributed by atoms with Crippen LogP contribution in [0, 0.1) is 0 Å². The number of likely N-dealkylation sites (N-methyl/N-ethyl adjacent to an activating group) is 1. The van der Waals surface area contributed by atoms with E-state index in [0.717, 1.165) is 37.4 Å². The first kappa shape index (κ1) is 29.1. The molecule has 0 bridgehead atoms. The van der Waals surface area contributed by atoms with E-state index in [-0.39, 0.29) is 11.7 Å². The van der Waals surface area contributed by atoms with Gasteiger partial charge in [-0.3, -0.25) is 14.6 Å². The quantitative estimate of drug-likeness (QED) is 0.167. The van der Waals surface area contributed by atoms with Gasteiger partial charge in [0.05, 0.1) is 5.69 Å². The van der Waals surface area contributed by atoms with Crippen molar-refractivity contribution in [2.75, 3.05) is 54.1 Å². The molecular weight excluding hydrogens is 576 g/mol. The van der Waals surface area contributed by atoms with E-state index >= 15 is 0 Å². The van der Waals surface area contributed by atoms with Gasteiger partial charge in [-0.1, -0.05) is 35.9 Å². The van der Waals surface area contributed by atoms with E-state index in [4.69, 9.17) is 11.6 Å². The van der Waals surface area contributed by atoms with Crippen LogP contribution in [-0.4, -0.2) is 62.1 Å². The molecule has 2 aliphatic rings. The number of benzene rings is 4. The maximum absolute atomic E-state index is 13.4. The van der Waals surface area contributed by atoms with Gasteiger partial charge in [-0.15, -0.1) is 0 Å². The fraction of sp³-hybridized carbons (Fsp3) is 0.176. The number of amides is 3. The molecule has 44 heavy (non-hydrogen) atoms. The lowest BCUT2D eigenvalue weighted by atomic mass is 9.97. The van der Waals surface area contributed by atoms with E-state index in [2.05, 4.69) is 49.9 Å². The van der Waals surface area contributed by atoms with Crippen LogP contribution in [0.25, 0.3) is 0 Å². The Balaban J connectivity index is 1.11. The largest absolute Gasteiger partial charge is 0.369 e. The number of urea groups is 1. The molecule has 1 saturated heterocycles. The molecular formula is C34H31ClN6O3. The molecule has 0 radical (unpaired) electrons. The standard InChI is InChI=1S/C34H31ClN6O3/c1-40-15-17-41(18-16-40)28-12-10-25(11-13-28)36-21-30-29-14-5-23(20-31(29)39-33(30)43)32(42)22-3-2-4-27(19-22)38-34(44)37-26-8-6-24(35)7-9-26/h2-14,19-21,30H,15-18H2,1H3,(H,39,43)(H2,37,38,44). The van der Waals surface area contributed by atoms with E-state index in [0.29, 0.717) is 33.2 Å². The summed E-state index contributed by atoms with van der Waals surface area (Å²) in [5.41, 5.74) is 5.15. The van der Waals surface area contributed by atoms with Crippen molar-refractivity contribution in [1.29, 1.82) is 0 Å². The summed E-state index contributed by atoms with van der Waals surface area (Å²) in [5.74, 6) is -0.986. The predicted molar refractivity (Wildman–Crippen MR) is 176 cm³/mol. The zero-order valence-corrected chi connectivity index (χ0v) is 24.8. The maximum Gasteiger partial charge on any atom is 0.323 e. The first-order valence-corrected chi connectivity index (χ1v) is 14.7. The number of anilines is 4. The number of carbonyl (C=O) groups excluding carboxylic acids is 3. The second-order valence-corrected chi connectivity index (χ2v) is 11.3. The molecule has 0 spiro atoms. The van der Waals surface area contributed by atoms with Gasteiger partial charge in [0.1, 0.15) is 5.92 Å². The van der Waals surface area contributed by atoms with Gasteiger partial charge in [-0.05, 0) is 79.3 Å². The Morgan fingerprint density at radius 2 is 1.57 bits per heavy atom. The van der Waals surface area contributed by atoms with Crippen LogP contribution in [0.3, 0.4) is 0 Å². The van der Waals surface area contributed by atoms with Crippen LogP contribution in [-0.2, 0) is 4.79 Å². The highest BCUT2D eigenvalue weighted by atomic mass is 35.5. The van der Waals surface area contributed by atoms with Crippen molar-refractivity contribution in [3.63, 3.8) is 0 Å². The topological polar surface area (TPSA) is 106 Å². The Labute approximate surface area is 260 Å². The zero-order chi connectivity index (χ0) is 30.6. The molecule has 4 aromatic carbocycles. The molecule has 0 saturated carbocycles. The highest BCUT2D eigenvalue weighted by molar-refractivity contribution is 6.30. The van der Waals surface area contributed by atoms with Crippen molar-refractivity contribution in [3.05, 3.63) is 113 Å². The van der Waals surface area contributed by atoms with Crippen molar-refractivity contribution in [1.82, 2.24) is 4.90 Å².